The van der Waals surface area contributed by atoms with Gasteiger partial charge in [0.05, 0.1) is 0 Å². The molecule has 0 N–H and O–H groups in total. The summed E-state index contributed by atoms with van der Waals surface area (Å²) in [5.74, 6) is -83.2. The molecule has 0 amide bonds. The summed E-state index contributed by atoms with van der Waals surface area (Å²) >= 11 is 0. The highest BCUT2D eigenvalue weighted by Gasteiger charge is 2.93. The van der Waals surface area contributed by atoms with Gasteiger partial charge in [0.1, 0.15) is 12.2 Å². The van der Waals surface area contributed by atoms with E-state index >= 15 is 0 Å². The Labute approximate surface area is 242 Å². The fraction of sp³-hybridized carbons (Fsp3) is 0.800. The number of rotatable bonds is 16. The fourth-order valence-electron chi connectivity index (χ4n) is 3.05. The van der Waals surface area contributed by atoms with Crippen molar-refractivity contribution in [1.82, 2.24) is 0 Å². The maximum Gasteiger partial charge on any atom is 0.460 e. The Morgan fingerprint density at radius 1 is 0.340 bits per heavy atom. The monoisotopic (exact) mass is 762 g/mol. The third kappa shape index (κ3) is 6.29. The van der Waals surface area contributed by atoms with Gasteiger partial charge in [0.15, 0.2) is 0 Å². The maximum absolute atomic E-state index is 14.5. The molecular formula is C20H12F26O. The molecule has 47 heavy (non-hydrogen) atoms. The molecule has 1 nitrogen and oxygen atoms in total. The zero-order valence-electron chi connectivity index (χ0n) is 21.4. The van der Waals surface area contributed by atoms with E-state index in [2.05, 4.69) is 17.9 Å². The smallest absolute Gasteiger partial charge is 0.361 e. The van der Waals surface area contributed by atoms with Crippen LogP contribution in [0.1, 0.15) is 12.8 Å². The van der Waals surface area contributed by atoms with Gasteiger partial charge < -0.3 is 4.74 Å². The first-order chi connectivity index (χ1) is 20.1. The van der Waals surface area contributed by atoms with E-state index in [-0.39, 0.29) is 0 Å². The fourth-order valence-corrected chi connectivity index (χ4v) is 3.05. The van der Waals surface area contributed by atoms with E-state index in [0.717, 1.165) is 0 Å². The van der Waals surface area contributed by atoms with Crippen LogP contribution in [0.2, 0.25) is 0 Å². The standard InChI is InChI=1S/C20H12F26O/c1-3-5-7(9(21,22)11(25,26)13(29,30)15(33,34)17(37,38)19(41,42)43)47-8(6-4-2)10(23,24)12(27,28)14(31,32)16(35,36)18(39,40)20(44,45)46/h3-4,7-8H,1-2,5-6H2. The van der Waals surface area contributed by atoms with Crippen LogP contribution in [0.15, 0.2) is 25.3 Å². The molecule has 0 saturated carbocycles. The van der Waals surface area contributed by atoms with E-state index in [9.17, 15) is 114 Å². The van der Waals surface area contributed by atoms with Crippen molar-refractivity contribution < 1.29 is 119 Å². The summed E-state index contributed by atoms with van der Waals surface area (Å²) in [5, 5.41) is 0. The van der Waals surface area contributed by atoms with E-state index in [0.29, 0.717) is 0 Å². The average Bonchev–Trinajstić information content (AvgIpc) is 2.85. The molecule has 0 aliphatic heterocycles. The zero-order valence-corrected chi connectivity index (χ0v) is 21.4. The van der Waals surface area contributed by atoms with Crippen molar-refractivity contribution in [2.45, 2.75) is 96.6 Å². The van der Waals surface area contributed by atoms with Crippen LogP contribution in [0.4, 0.5) is 114 Å². The largest absolute Gasteiger partial charge is 0.460 e. The summed E-state index contributed by atoms with van der Waals surface area (Å²) in [7, 11) is 0. The van der Waals surface area contributed by atoms with Crippen LogP contribution in [0.25, 0.3) is 0 Å². The Balaban J connectivity index is 7.33. The van der Waals surface area contributed by atoms with Crippen LogP contribution in [0.5, 0.6) is 0 Å². The Bertz CT molecular complexity index is 1020. The lowest BCUT2D eigenvalue weighted by molar-refractivity contribution is -0.452. The second kappa shape index (κ2) is 12.2. The van der Waals surface area contributed by atoms with Crippen molar-refractivity contribution in [2.24, 2.45) is 0 Å². The maximum atomic E-state index is 14.5. The molecule has 0 rings (SSSR count). The summed E-state index contributed by atoms with van der Waals surface area (Å²) in [4.78, 5) is 0. The third-order valence-corrected chi connectivity index (χ3v) is 5.81. The lowest BCUT2D eigenvalue weighted by atomic mass is 9.89. The van der Waals surface area contributed by atoms with Crippen molar-refractivity contribution in [3.05, 3.63) is 25.3 Å². The summed E-state index contributed by atoms with van der Waals surface area (Å²) < 4.78 is 353. The van der Waals surface area contributed by atoms with Crippen LogP contribution in [-0.4, -0.2) is 83.8 Å². The summed E-state index contributed by atoms with van der Waals surface area (Å²) in [6, 6.07) is 0. The van der Waals surface area contributed by atoms with Gasteiger partial charge in [0.25, 0.3) is 0 Å². The van der Waals surface area contributed by atoms with Crippen molar-refractivity contribution >= 4 is 0 Å². The highest BCUT2D eigenvalue weighted by Crippen LogP contribution is 2.63. The van der Waals surface area contributed by atoms with Gasteiger partial charge in [-0.15, -0.1) is 13.2 Å². The third-order valence-electron chi connectivity index (χ3n) is 5.81. The van der Waals surface area contributed by atoms with E-state index in [1.165, 1.54) is 0 Å². The minimum Gasteiger partial charge on any atom is -0.361 e. The normalized spacial score (nSPS) is 17.4. The molecule has 0 aliphatic carbocycles. The second-order valence-electron chi connectivity index (χ2n) is 9.00. The van der Waals surface area contributed by atoms with Crippen LogP contribution in [0.3, 0.4) is 0 Å². The molecule has 2 atom stereocenters. The first-order valence-electron chi connectivity index (χ1n) is 10.9. The Kier molecular flexibility index (Phi) is 11.6. The molecular weight excluding hydrogens is 750 g/mol. The van der Waals surface area contributed by atoms with Gasteiger partial charge in [-0.25, -0.2) is 0 Å². The molecule has 0 bridgehead atoms. The van der Waals surface area contributed by atoms with Crippen molar-refractivity contribution in [3.63, 3.8) is 0 Å². The zero-order chi connectivity index (χ0) is 38.7. The van der Waals surface area contributed by atoms with Gasteiger partial charge in [-0.3, -0.25) is 0 Å². The SMILES string of the molecule is C=CCC(OC(CC=C)C(F)(F)C(F)(F)C(F)(F)C(F)(F)C(F)(F)C(F)(F)F)C(F)(F)C(F)(F)C(F)(F)C(F)(F)C(F)(F)C(F)(F)F. The van der Waals surface area contributed by atoms with Crippen molar-refractivity contribution in [3.8, 4) is 0 Å². The predicted molar refractivity (Wildman–Crippen MR) is 99.9 cm³/mol. The van der Waals surface area contributed by atoms with Gasteiger partial charge in [-0.1, -0.05) is 12.2 Å². The summed E-state index contributed by atoms with van der Waals surface area (Å²) in [6.45, 7) is 4.67. The topological polar surface area (TPSA) is 9.23 Å². The predicted octanol–water partition coefficient (Wildman–Crippen LogP) is 10.4. The molecule has 0 saturated heterocycles. The van der Waals surface area contributed by atoms with Crippen LogP contribution < -0.4 is 0 Å². The van der Waals surface area contributed by atoms with Gasteiger partial charge in [0.2, 0.25) is 0 Å². The number of hydrogen-bond acceptors (Lipinski definition) is 1. The number of ether oxygens (including phenoxy) is 1. The summed E-state index contributed by atoms with van der Waals surface area (Å²) in [5.41, 5.74) is 0. The van der Waals surface area contributed by atoms with Gasteiger partial charge >= 0.3 is 71.6 Å². The minimum atomic E-state index is -8.66. The Morgan fingerprint density at radius 3 is 0.702 bits per heavy atom. The number of hydrogen-bond donors (Lipinski definition) is 0. The lowest BCUT2D eigenvalue weighted by Gasteiger charge is -2.44. The molecule has 27 heteroatoms. The molecule has 0 aliphatic rings. The molecule has 0 heterocycles. The number of halogens is 26. The van der Waals surface area contributed by atoms with Crippen molar-refractivity contribution in [2.75, 3.05) is 0 Å². The van der Waals surface area contributed by atoms with Crippen LogP contribution in [-0.2, 0) is 4.74 Å². The summed E-state index contributed by atoms with van der Waals surface area (Å²) in [6.07, 6.45) is -31.9. The van der Waals surface area contributed by atoms with Gasteiger partial charge in [-0.2, -0.15) is 114 Å². The van der Waals surface area contributed by atoms with Gasteiger partial charge in [-0.05, 0) is 12.8 Å². The average molecular weight is 762 g/mol. The first-order valence-corrected chi connectivity index (χ1v) is 10.9. The minimum absolute atomic E-state index is 0.414. The van der Waals surface area contributed by atoms with Crippen molar-refractivity contribution in [1.29, 1.82) is 0 Å². The highest BCUT2D eigenvalue weighted by atomic mass is 19.4. The van der Waals surface area contributed by atoms with E-state index < -0.39 is 109 Å². The molecule has 0 spiro atoms. The number of alkyl halides is 26. The molecule has 0 aromatic carbocycles. The van der Waals surface area contributed by atoms with E-state index in [1.54, 1.807) is 0 Å². The molecule has 0 fully saturated rings. The highest BCUT2D eigenvalue weighted by molar-refractivity contribution is 5.14. The van der Waals surface area contributed by atoms with Crippen LogP contribution in [0, 0.1) is 0 Å². The van der Waals surface area contributed by atoms with E-state index in [1.807, 2.05) is 0 Å². The van der Waals surface area contributed by atoms with Gasteiger partial charge in [0, 0.05) is 0 Å². The first kappa shape index (κ1) is 44.6. The molecule has 0 radical (unpaired) electrons. The molecule has 280 valence electrons. The Morgan fingerprint density at radius 2 is 0.532 bits per heavy atom. The van der Waals surface area contributed by atoms with Crippen LogP contribution >= 0.6 is 0 Å². The lowest BCUT2D eigenvalue weighted by Crippen LogP contribution is -2.73. The quantitative estimate of drug-likeness (QED) is 0.112. The molecule has 0 aromatic rings. The molecule has 0 aromatic heterocycles. The molecule has 2 unspecified atom stereocenters. The Hall–Kier alpha value is -2.38. The van der Waals surface area contributed by atoms with E-state index in [4.69, 9.17) is 0 Å². The second-order valence-corrected chi connectivity index (χ2v) is 9.00.